The van der Waals surface area contributed by atoms with Gasteiger partial charge in [0.1, 0.15) is 16.9 Å². The first kappa shape index (κ1) is 19.1. The first-order chi connectivity index (χ1) is 13.8. The van der Waals surface area contributed by atoms with Gasteiger partial charge in [0.25, 0.3) is 5.91 Å². The summed E-state index contributed by atoms with van der Waals surface area (Å²) in [6, 6.07) is 9.54. The lowest BCUT2D eigenvalue weighted by Gasteiger charge is -2.26. The highest BCUT2D eigenvalue weighted by Gasteiger charge is 2.29. The first-order valence-electron chi connectivity index (χ1n) is 8.86. The molecular formula is C21H19FN4O2S. The van der Waals surface area contributed by atoms with E-state index in [4.69, 9.17) is 15.9 Å². The monoisotopic (exact) mass is 410 g/mol. The fourth-order valence-corrected chi connectivity index (χ4v) is 4.03. The number of amides is 1. The maximum atomic E-state index is 14.5. The highest BCUT2D eigenvalue weighted by Crippen LogP contribution is 2.35. The Morgan fingerprint density at radius 2 is 2.03 bits per heavy atom. The summed E-state index contributed by atoms with van der Waals surface area (Å²) in [4.78, 5) is 17.2. The van der Waals surface area contributed by atoms with Crippen LogP contribution in [0, 0.1) is 12.7 Å². The molecule has 4 rings (SSSR count). The van der Waals surface area contributed by atoms with Gasteiger partial charge < -0.3 is 21.2 Å². The number of anilines is 2. The van der Waals surface area contributed by atoms with E-state index in [2.05, 4.69) is 10.3 Å². The summed E-state index contributed by atoms with van der Waals surface area (Å²) in [5.41, 5.74) is 13.3. The molecule has 3 aromatic rings. The van der Waals surface area contributed by atoms with Crippen molar-refractivity contribution in [3.8, 4) is 0 Å². The second-order valence-electron chi connectivity index (χ2n) is 6.98. The second-order valence-corrected chi connectivity index (χ2v) is 7.90. The number of furan rings is 1. The Morgan fingerprint density at radius 1 is 1.24 bits per heavy atom. The lowest BCUT2D eigenvalue weighted by atomic mass is 9.92. The molecule has 0 radical (unpaired) electrons. The second kappa shape index (κ2) is 6.97. The predicted molar refractivity (Wildman–Crippen MR) is 115 cm³/mol. The minimum absolute atomic E-state index is 0.180. The van der Waals surface area contributed by atoms with E-state index in [1.807, 2.05) is 0 Å². The molecule has 6 nitrogen and oxygen atoms in total. The number of hydrogen-bond donors (Lipinski definition) is 3. The Bertz CT molecular complexity index is 1200. The summed E-state index contributed by atoms with van der Waals surface area (Å²) in [7, 11) is 0. The molecule has 148 valence electrons. The molecule has 0 saturated carbocycles. The Hall–Kier alpha value is -3.26. The van der Waals surface area contributed by atoms with Crippen LogP contribution in [0.15, 0.2) is 57.3 Å². The molecule has 0 unspecified atom stereocenters. The summed E-state index contributed by atoms with van der Waals surface area (Å²) >= 11 is 1.27. The molecule has 0 saturated heterocycles. The van der Waals surface area contributed by atoms with E-state index in [1.54, 1.807) is 49.6 Å². The summed E-state index contributed by atoms with van der Waals surface area (Å²) < 4.78 is 20.2. The molecule has 5 N–H and O–H groups in total. The number of hydrogen-bond acceptors (Lipinski definition) is 6. The molecule has 0 bridgehead atoms. The fraction of sp³-hybridized carbons (Fsp3) is 0.143. The van der Waals surface area contributed by atoms with Crippen LogP contribution in [0.4, 0.5) is 15.8 Å². The van der Waals surface area contributed by atoms with Crippen LogP contribution in [0.1, 0.15) is 28.6 Å². The molecule has 1 aliphatic heterocycles. The van der Waals surface area contributed by atoms with Gasteiger partial charge in [-0.25, -0.2) is 9.38 Å². The maximum Gasteiger partial charge on any atom is 0.291 e. The highest BCUT2D eigenvalue weighted by atomic mass is 32.2. The Morgan fingerprint density at radius 3 is 2.79 bits per heavy atom. The summed E-state index contributed by atoms with van der Waals surface area (Å²) in [6.45, 7) is 3.55. The molecule has 1 aliphatic rings. The third kappa shape index (κ3) is 3.47. The number of carbonyl (C=O) groups excluding carboxylic acids is 1. The first-order valence-corrected chi connectivity index (χ1v) is 9.74. The third-order valence-electron chi connectivity index (χ3n) is 4.86. The van der Waals surface area contributed by atoms with Crippen molar-refractivity contribution >= 4 is 45.2 Å². The van der Waals surface area contributed by atoms with E-state index in [1.165, 1.54) is 23.9 Å². The van der Waals surface area contributed by atoms with Crippen LogP contribution in [-0.2, 0) is 5.54 Å². The van der Waals surface area contributed by atoms with Crippen LogP contribution in [0.2, 0.25) is 0 Å². The number of thioether (sulfide) groups is 1. The van der Waals surface area contributed by atoms with Crippen LogP contribution in [0.25, 0.3) is 11.0 Å². The standard InChI is InChI=1S/C21H19FN4O2S/c1-11-14-9-12(23)3-6-17(14)28-18(11)19(27)25-13-4-5-16(22)15(10-13)21(2)7-8-29-20(24)26-21/h3-10H,23H2,1-2H3,(H2,24,26)(H,25,27)/t21-/m0/s1. The van der Waals surface area contributed by atoms with Crippen molar-refractivity contribution in [1.29, 1.82) is 0 Å². The van der Waals surface area contributed by atoms with Gasteiger partial charge in [-0.05, 0) is 61.7 Å². The van der Waals surface area contributed by atoms with Gasteiger partial charge in [0.05, 0.1) is 0 Å². The summed E-state index contributed by atoms with van der Waals surface area (Å²) in [5, 5.41) is 5.67. The number of rotatable bonds is 3. The molecule has 8 heteroatoms. The number of benzene rings is 2. The van der Waals surface area contributed by atoms with Crippen LogP contribution >= 0.6 is 11.8 Å². The molecule has 29 heavy (non-hydrogen) atoms. The minimum Gasteiger partial charge on any atom is -0.451 e. The van der Waals surface area contributed by atoms with Crippen molar-refractivity contribution < 1.29 is 13.6 Å². The zero-order valence-electron chi connectivity index (χ0n) is 15.8. The Kier molecular flexibility index (Phi) is 4.58. The number of nitrogens with zero attached hydrogens (tertiary/aromatic N) is 1. The quantitative estimate of drug-likeness (QED) is 0.551. The summed E-state index contributed by atoms with van der Waals surface area (Å²) in [5.74, 6) is -0.689. The molecular weight excluding hydrogens is 391 g/mol. The van der Waals surface area contributed by atoms with Crippen molar-refractivity contribution in [3.63, 3.8) is 0 Å². The van der Waals surface area contributed by atoms with Crippen LogP contribution < -0.4 is 16.8 Å². The zero-order chi connectivity index (χ0) is 20.8. The van der Waals surface area contributed by atoms with Gasteiger partial charge in [-0.1, -0.05) is 11.8 Å². The molecule has 0 spiro atoms. The number of fused-ring (bicyclic) bond motifs is 1. The van der Waals surface area contributed by atoms with Gasteiger partial charge in [-0.2, -0.15) is 0 Å². The SMILES string of the molecule is Cc1c(C(=O)Nc2ccc(F)c([C@]3(C)C=CSC(N)=N3)c2)oc2ccc(N)cc12. The smallest absolute Gasteiger partial charge is 0.291 e. The molecule has 0 aliphatic carbocycles. The zero-order valence-corrected chi connectivity index (χ0v) is 16.6. The number of amidine groups is 1. The number of nitrogen functional groups attached to an aromatic ring is 1. The number of aryl methyl sites for hydroxylation is 1. The lowest BCUT2D eigenvalue weighted by Crippen LogP contribution is -2.25. The normalized spacial score (nSPS) is 18.7. The van der Waals surface area contributed by atoms with Crippen molar-refractivity contribution in [2.75, 3.05) is 11.1 Å². The van der Waals surface area contributed by atoms with E-state index in [9.17, 15) is 9.18 Å². The molecule has 1 amide bonds. The number of carbonyl (C=O) groups is 1. The largest absolute Gasteiger partial charge is 0.451 e. The Labute approximate surface area is 170 Å². The maximum absolute atomic E-state index is 14.5. The van der Waals surface area contributed by atoms with Crippen molar-refractivity contribution in [2.24, 2.45) is 10.7 Å². The molecule has 2 aromatic carbocycles. The van der Waals surface area contributed by atoms with Crippen molar-refractivity contribution in [3.05, 3.63) is 70.6 Å². The Balaban J connectivity index is 1.67. The number of nitrogens with one attached hydrogen (secondary N) is 1. The summed E-state index contributed by atoms with van der Waals surface area (Å²) in [6.07, 6.45) is 1.77. The van der Waals surface area contributed by atoms with Crippen molar-refractivity contribution in [1.82, 2.24) is 0 Å². The number of aliphatic imine (C=N–C) groups is 1. The molecule has 2 heterocycles. The number of halogens is 1. The van der Waals surface area contributed by atoms with E-state index in [0.29, 0.717) is 33.3 Å². The van der Waals surface area contributed by atoms with Gasteiger partial charge >= 0.3 is 0 Å². The highest BCUT2D eigenvalue weighted by molar-refractivity contribution is 8.16. The number of nitrogens with two attached hydrogens (primary N) is 2. The van der Waals surface area contributed by atoms with E-state index < -0.39 is 17.3 Å². The van der Waals surface area contributed by atoms with E-state index in [0.717, 1.165) is 5.39 Å². The minimum atomic E-state index is -0.951. The average Bonchev–Trinajstić information content (AvgIpc) is 2.99. The van der Waals surface area contributed by atoms with Gasteiger partial charge in [0.15, 0.2) is 10.9 Å². The van der Waals surface area contributed by atoms with Crippen LogP contribution in [0.3, 0.4) is 0 Å². The molecule has 0 fully saturated rings. The average molecular weight is 410 g/mol. The topological polar surface area (TPSA) is 107 Å². The third-order valence-corrected chi connectivity index (χ3v) is 5.46. The van der Waals surface area contributed by atoms with E-state index >= 15 is 0 Å². The van der Waals surface area contributed by atoms with Crippen molar-refractivity contribution in [2.45, 2.75) is 19.4 Å². The van der Waals surface area contributed by atoms with Crippen LogP contribution in [-0.4, -0.2) is 11.1 Å². The lowest BCUT2D eigenvalue weighted by molar-refractivity contribution is 0.0998. The predicted octanol–water partition coefficient (Wildman–Crippen LogP) is 4.51. The van der Waals surface area contributed by atoms with Gasteiger partial charge in [-0.15, -0.1) is 0 Å². The molecule has 1 atom stereocenters. The van der Waals surface area contributed by atoms with Gasteiger partial charge in [-0.3, -0.25) is 4.79 Å². The fourth-order valence-electron chi connectivity index (χ4n) is 3.31. The molecule has 1 aromatic heterocycles. The van der Waals surface area contributed by atoms with Crippen LogP contribution in [0.5, 0.6) is 0 Å². The van der Waals surface area contributed by atoms with Gasteiger partial charge in [0, 0.05) is 27.9 Å². The van der Waals surface area contributed by atoms with E-state index in [-0.39, 0.29) is 5.76 Å². The van der Waals surface area contributed by atoms with Gasteiger partial charge in [0.2, 0.25) is 0 Å².